The summed E-state index contributed by atoms with van der Waals surface area (Å²) in [7, 11) is -1.34. The molecule has 0 fully saturated rings. The Morgan fingerprint density at radius 3 is 2.34 bits per heavy atom. The van der Waals surface area contributed by atoms with Gasteiger partial charge in [-0.3, -0.25) is 0 Å². The standard InChI is InChI=1S/C26H19FNO.C15H18NSi.Ir/c1-16-8-10-21(23-15-20(27)12-13-28-23)26-25(16)22-14-19(9-11-24(22)29-26)17(2)18-6-4-3-5-7-18;1-12-5-7-13(8-6-12)15-10-9-14(11-16-15)17(2,3)4;/h3-9,11-15,17H,1-2H3;5-7,9-11H,1-4H3;/q2*-1;/i1D3,17D;1D3;. The van der Waals surface area contributed by atoms with Crippen LogP contribution in [0.1, 0.15) is 44.7 Å². The Labute approximate surface area is 301 Å². The van der Waals surface area contributed by atoms with Crippen LogP contribution >= 0.6 is 0 Å². The van der Waals surface area contributed by atoms with E-state index in [4.69, 9.17) is 14.0 Å². The van der Waals surface area contributed by atoms with Gasteiger partial charge >= 0.3 is 0 Å². The smallest absolute Gasteiger partial charge is 0.120 e. The van der Waals surface area contributed by atoms with Crippen molar-refractivity contribution in [3.63, 3.8) is 0 Å². The Morgan fingerprint density at radius 1 is 0.851 bits per heavy atom. The van der Waals surface area contributed by atoms with Crippen LogP contribution in [0.15, 0.2) is 114 Å². The van der Waals surface area contributed by atoms with Gasteiger partial charge in [0.25, 0.3) is 0 Å². The number of pyridine rings is 2. The van der Waals surface area contributed by atoms with E-state index in [0.29, 0.717) is 38.7 Å². The van der Waals surface area contributed by atoms with E-state index >= 15 is 0 Å². The summed E-state index contributed by atoms with van der Waals surface area (Å²) in [6, 6.07) is 33.6. The van der Waals surface area contributed by atoms with Crippen molar-refractivity contribution in [1.82, 2.24) is 9.97 Å². The zero-order valence-electron chi connectivity index (χ0n) is 33.4. The van der Waals surface area contributed by atoms with Gasteiger partial charge in [-0.25, -0.2) is 4.39 Å². The molecule has 1 atom stereocenters. The second-order valence-corrected chi connectivity index (χ2v) is 17.2. The van der Waals surface area contributed by atoms with Gasteiger partial charge in [0.05, 0.1) is 13.7 Å². The van der Waals surface area contributed by atoms with Gasteiger partial charge in [0.2, 0.25) is 0 Å². The molecule has 0 amide bonds. The number of benzene rings is 4. The Morgan fingerprint density at radius 2 is 1.68 bits per heavy atom. The van der Waals surface area contributed by atoms with Crippen molar-refractivity contribution in [2.45, 2.75) is 46.2 Å². The molecule has 0 aliphatic carbocycles. The van der Waals surface area contributed by atoms with Crippen LogP contribution < -0.4 is 5.19 Å². The topological polar surface area (TPSA) is 38.9 Å². The summed E-state index contributed by atoms with van der Waals surface area (Å²) in [5.41, 5.74) is 4.97. The van der Waals surface area contributed by atoms with E-state index in [1.54, 1.807) is 31.2 Å². The van der Waals surface area contributed by atoms with Crippen LogP contribution in [0.2, 0.25) is 19.6 Å². The molecule has 6 heteroatoms. The molecule has 3 nitrogen and oxygen atoms in total. The Bertz CT molecular complexity index is 2330. The zero-order chi connectivity index (χ0) is 38.3. The van der Waals surface area contributed by atoms with Crippen molar-refractivity contribution >= 4 is 35.2 Å². The van der Waals surface area contributed by atoms with Crippen LogP contribution in [-0.4, -0.2) is 18.0 Å². The van der Waals surface area contributed by atoms with Gasteiger partial charge in [0, 0.05) is 53.4 Å². The summed E-state index contributed by atoms with van der Waals surface area (Å²) >= 11 is 0. The molecule has 3 aromatic heterocycles. The Kier molecular flexibility index (Phi) is 7.84. The largest absolute Gasteiger partial charge is 0.501 e. The number of fused-ring (bicyclic) bond motifs is 3. The number of aryl methyl sites for hydroxylation is 2. The van der Waals surface area contributed by atoms with Crippen LogP contribution in [0, 0.1) is 31.7 Å². The minimum atomic E-state index is -2.42. The van der Waals surface area contributed by atoms with E-state index in [1.165, 1.54) is 35.6 Å². The van der Waals surface area contributed by atoms with Crippen molar-refractivity contribution in [1.29, 1.82) is 0 Å². The first-order valence-corrected chi connectivity index (χ1v) is 18.4. The molecular weight excluding hydrogens is 776 g/mol. The van der Waals surface area contributed by atoms with Crippen LogP contribution in [0.5, 0.6) is 0 Å². The minimum absolute atomic E-state index is 0. The number of nitrogens with zero attached hydrogens (tertiary/aromatic N) is 2. The van der Waals surface area contributed by atoms with Gasteiger partial charge < -0.3 is 14.4 Å². The molecule has 0 N–H and O–H groups in total. The predicted octanol–water partition coefficient (Wildman–Crippen LogP) is 10.4. The molecule has 7 rings (SSSR count). The van der Waals surface area contributed by atoms with Gasteiger partial charge in [0.1, 0.15) is 11.4 Å². The van der Waals surface area contributed by atoms with E-state index in [-0.39, 0.29) is 31.3 Å². The molecule has 0 aliphatic heterocycles. The van der Waals surface area contributed by atoms with E-state index in [0.717, 1.165) is 16.8 Å². The fourth-order valence-corrected chi connectivity index (χ4v) is 6.26. The molecule has 3 heterocycles. The first-order chi connectivity index (χ1) is 24.8. The summed E-state index contributed by atoms with van der Waals surface area (Å²) in [4.78, 5) is 8.69. The molecule has 1 unspecified atom stereocenters. The van der Waals surface area contributed by atoms with Gasteiger partial charge in [0.15, 0.2) is 0 Å². The van der Waals surface area contributed by atoms with Gasteiger partial charge in [-0.15, -0.1) is 53.1 Å². The number of aromatic nitrogens is 2. The first-order valence-electron chi connectivity index (χ1n) is 18.4. The molecule has 7 aromatic rings. The predicted molar refractivity (Wildman–Crippen MR) is 191 cm³/mol. The molecule has 0 aliphatic rings. The number of halogens is 1. The first kappa shape index (κ1) is 25.8. The average molecular weight is 820 g/mol. The number of rotatable bonds is 5. The van der Waals surface area contributed by atoms with E-state index in [2.05, 4.69) is 47.8 Å². The monoisotopic (exact) mass is 820 g/mol. The summed E-state index contributed by atoms with van der Waals surface area (Å²) in [6.07, 6.45) is 3.27. The molecule has 4 aromatic carbocycles. The van der Waals surface area contributed by atoms with Crippen molar-refractivity contribution in [2.24, 2.45) is 0 Å². The third-order valence-corrected chi connectivity index (χ3v) is 9.91. The average Bonchev–Trinajstić information content (AvgIpc) is 3.50. The number of hydrogen-bond donors (Lipinski definition) is 0. The fraction of sp³-hybridized carbons (Fsp3) is 0.171. The number of hydrogen-bond acceptors (Lipinski definition) is 3. The van der Waals surface area contributed by atoms with Gasteiger partial charge in [-0.2, -0.15) is 0 Å². The summed E-state index contributed by atoms with van der Waals surface area (Å²) < 4.78 is 75.2. The molecule has 239 valence electrons. The fourth-order valence-electron chi connectivity index (χ4n) is 5.22. The molecule has 47 heavy (non-hydrogen) atoms. The van der Waals surface area contributed by atoms with Crippen molar-refractivity contribution in [3.05, 3.63) is 150 Å². The summed E-state index contributed by atoms with van der Waals surface area (Å²) in [5, 5.41) is 2.28. The van der Waals surface area contributed by atoms with Crippen LogP contribution in [0.4, 0.5) is 4.39 Å². The maximum absolute atomic E-state index is 13.9. The van der Waals surface area contributed by atoms with Crippen molar-refractivity contribution in [3.8, 4) is 22.5 Å². The van der Waals surface area contributed by atoms with Crippen molar-refractivity contribution < 1.29 is 38.5 Å². The molecule has 0 saturated carbocycles. The molecule has 0 spiro atoms. The molecule has 0 bridgehead atoms. The quantitative estimate of drug-likeness (QED) is 0.128. The Hall–Kier alpha value is -4.22. The second-order valence-electron chi connectivity index (χ2n) is 12.1. The molecular formula is C41H37FIrN2OSi-2. The van der Waals surface area contributed by atoms with Crippen LogP contribution in [-0.2, 0) is 20.1 Å². The summed E-state index contributed by atoms with van der Waals surface area (Å²) in [5.74, 6) is -1.53. The van der Waals surface area contributed by atoms with Gasteiger partial charge in [-0.05, 0) is 52.0 Å². The van der Waals surface area contributed by atoms with E-state index < -0.39 is 33.5 Å². The maximum Gasteiger partial charge on any atom is 0.120 e. The van der Waals surface area contributed by atoms with Crippen LogP contribution in [0.25, 0.3) is 44.5 Å². The van der Waals surface area contributed by atoms with Gasteiger partial charge in [-0.1, -0.05) is 99.7 Å². The SMILES string of the molecule is [2H]C([2H])([2H])c1c[c-]c(-c2cc(F)ccn2)c2oc3ccc(C([2H])(C)c4ccccc4)cc3c12.[2H]C([2H])([2H])c1c[c-]c(-c2ccc([Si](C)(C)C)cn2)cc1.[Ir]. The number of furan rings is 1. The van der Waals surface area contributed by atoms with Crippen LogP contribution in [0.3, 0.4) is 0 Å². The molecule has 1 radical (unpaired) electrons. The molecule has 0 saturated heterocycles. The maximum atomic E-state index is 13.9. The second kappa shape index (κ2) is 14.3. The van der Waals surface area contributed by atoms with E-state index in [9.17, 15) is 4.39 Å². The van der Waals surface area contributed by atoms with Crippen molar-refractivity contribution in [2.75, 3.05) is 0 Å². The third-order valence-electron chi connectivity index (χ3n) is 7.88. The zero-order valence-corrected chi connectivity index (χ0v) is 29.8. The Balaban J connectivity index is 0.000000230. The van der Waals surface area contributed by atoms with E-state index in [1.807, 2.05) is 48.7 Å². The normalized spacial score (nSPS) is 15.3. The third kappa shape index (κ3) is 7.52. The minimum Gasteiger partial charge on any atom is -0.501 e. The summed E-state index contributed by atoms with van der Waals surface area (Å²) in [6.45, 7) is 4.14.